The van der Waals surface area contributed by atoms with E-state index < -0.39 is 6.55 Å². The van der Waals surface area contributed by atoms with Crippen LogP contribution in [0.5, 0.6) is 5.75 Å². The molecule has 2 rings (SSSR count). The highest BCUT2D eigenvalue weighted by Crippen LogP contribution is 2.23. The van der Waals surface area contributed by atoms with Gasteiger partial charge in [-0.15, -0.1) is 0 Å². The van der Waals surface area contributed by atoms with Crippen LogP contribution in [0.1, 0.15) is 12.4 Å². The van der Waals surface area contributed by atoms with Gasteiger partial charge in [0.05, 0.1) is 11.6 Å². The first-order valence-corrected chi connectivity index (χ1v) is 6.78. The zero-order valence-electron chi connectivity index (χ0n) is 11.7. The van der Waals surface area contributed by atoms with E-state index in [9.17, 15) is 13.6 Å². The van der Waals surface area contributed by atoms with Gasteiger partial charge in [0.15, 0.2) is 6.61 Å². The fraction of sp³-hybridized carbons (Fsp3) is 0.286. The molecule has 0 unspecified atom stereocenters. The number of ether oxygens (including phenoxy) is 1. The molecule has 0 atom stereocenters. The standard InChI is InChI=1S/C14H14ClF2N3O2/c1-19(8-12-18-6-7-20(12)14(16)17)13(21)9-22-11-5-3-2-4-10(11)15/h2-7,14H,8-9H2,1H3. The van der Waals surface area contributed by atoms with Gasteiger partial charge < -0.3 is 9.64 Å². The molecular weight excluding hydrogens is 316 g/mol. The minimum Gasteiger partial charge on any atom is -0.482 e. The summed E-state index contributed by atoms with van der Waals surface area (Å²) in [4.78, 5) is 17.0. The number of aromatic nitrogens is 2. The summed E-state index contributed by atoms with van der Waals surface area (Å²) in [5.74, 6) is 0.118. The summed E-state index contributed by atoms with van der Waals surface area (Å²) < 4.78 is 31.4. The first-order valence-electron chi connectivity index (χ1n) is 6.40. The number of likely N-dealkylation sites (N-methyl/N-ethyl adjacent to an activating group) is 1. The van der Waals surface area contributed by atoms with E-state index in [1.54, 1.807) is 24.3 Å². The molecule has 118 valence electrons. The number of carbonyl (C=O) groups is 1. The molecule has 0 aliphatic rings. The number of para-hydroxylation sites is 1. The summed E-state index contributed by atoms with van der Waals surface area (Å²) in [6.07, 6.45) is 2.43. The molecule has 0 radical (unpaired) electrons. The van der Waals surface area contributed by atoms with Gasteiger partial charge in [0, 0.05) is 19.4 Å². The summed E-state index contributed by atoms with van der Waals surface area (Å²) in [5, 5.41) is 0.395. The van der Waals surface area contributed by atoms with E-state index in [0.717, 1.165) is 0 Å². The van der Waals surface area contributed by atoms with Crippen molar-refractivity contribution >= 4 is 17.5 Å². The van der Waals surface area contributed by atoms with E-state index in [0.29, 0.717) is 15.3 Å². The van der Waals surface area contributed by atoms with E-state index in [1.807, 2.05) is 0 Å². The Morgan fingerprint density at radius 2 is 2.18 bits per heavy atom. The summed E-state index contributed by atoms with van der Waals surface area (Å²) in [7, 11) is 1.49. The number of rotatable bonds is 6. The van der Waals surface area contributed by atoms with Crippen LogP contribution in [0, 0.1) is 0 Å². The Labute approximate surface area is 131 Å². The van der Waals surface area contributed by atoms with Crippen molar-refractivity contribution in [3.63, 3.8) is 0 Å². The number of hydrogen-bond acceptors (Lipinski definition) is 3. The maximum atomic E-state index is 12.7. The molecule has 1 amide bonds. The third-order valence-electron chi connectivity index (χ3n) is 2.95. The quantitative estimate of drug-likeness (QED) is 0.818. The highest BCUT2D eigenvalue weighted by molar-refractivity contribution is 6.32. The van der Waals surface area contributed by atoms with Crippen molar-refractivity contribution in [1.82, 2.24) is 14.5 Å². The van der Waals surface area contributed by atoms with E-state index >= 15 is 0 Å². The van der Waals surface area contributed by atoms with Gasteiger partial charge in [0.2, 0.25) is 0 Å². The number of carbonyl (C=O) groups excluding carboxylic acids is 1. The minimum absolute atomic E-state index is 0.0396. The Morgan fingerprint density at radius 3 is 2.86 bits per heavy atom. The van der Waals surface area contributed by atoms with Crippen molar-refractivity contribution in [3.8, 4) is 5.75 Å². The molecule has 0 bridgehead atoms. The maximum absolute atomic E-state index is 12.7. The van der Waals surface area contributed by atoms with Crippen LogP contribution >= 0.6 is 11.6 Å². The van der Waals surface area contributed by atoms with Crippen LogP contribution in [0.15, 0.2) is 36.7 Å². The summed E-state index contributed by atoms with van der Waals surface area (Å²) in [6, 6.07) is 6.76. The topological polar surface area (TPSA) is 47.4 Å². The van der Waals surface area contributed by atoms with Crippen molar-refractivity contribution in [3.05, 3.63) is 47.5 Å². The number of benzene rings is 1. The Bertz CT molecular complexity index is 649. The molecular formula is C14H14ClF2N3O2. The maximum Gasteiger partial charge on any atom is 0.319 e. The number of imidazole rings is 1. The smallest absolute Gasteiger partial charge is 0.319 e. The Hall–Kier alpha value is -2.15. The lowest BCUT2D eigenvalue weighted by atomic mass is 10.3. The molecule has 22 heavy (non-hydrogen) atoms. The molecule has 0 N–H and O–H groups in total. The molecule has 5 nitrogen and oxygen atoms in total. The molecule has 0 saturated carbocycles. The number of alkyl halides is 2. The SMILES string of the molecule is CN(Cc1nccn1C(F)F)C(=O)COc1ccccc1Cl. The Kier molecular flexibility index (Phi) is 5.32. The number of amides is 1. The van der Waals surface area contributed by atoms with Crippen LogP contribution in [-0.4, -0.2) is 34.0 Å². The Morgan fingerprint density at radius 1 is 1.45 bits per heavy atom. The summed E-state index contributed by atoms with van der Waals surface area (Å²) >= 11 is 5.91. The number of halogens is 3. The fourth-order valence-electron chi connectivity index (χ4n) is 1.76. The highest BCUT2D eigenvalue weighted by atomic mass is 35.5. The molecule has 0 aliphatic carbocycles. The number of nitrogens with zero attached hydrogens (tertiary/aromatic N) is 3. The number of hydrogen-bond donors (Lipinski definition) is 0. The van der Waals surface area contributed by atoms with Crippen LogP contribution in [0.2, 0.25) is 5.02 Å². The molecule has 0 aliphatic heterocycles. The van der Waals surface area contributed by atoms with Gasteiger partial charge in [-0.3, -0.25) is 9.36 Å². The predicted octanol–water partition coefficient (Wildman–Crippen LogP) is 2.97. The highest BCUT2D eigenvalue weighted by Gasteiger charge is 2.16. The second-order valence-electron chi connectivity index (χ2n) is 4.50. The van der Waals surface area contributed by atoms with Gasteiger partial charge in [-0.1, -0.05) is 23.7 Å². The van der Waals surface area contributed by atoms with Crippen molar-refractivity contribution in [2.45, 2.75) is 13.1 Å². The van der Waals surface area contributed by atoms with Gasteiger partial charge in [-0.25, -0.2) is 4.98 Å². The summed E-state index contributed by atoms with van der Waals surface area (Å²) in [5.41, 5.74) is 0. The average Bonchev–Trinajstić information content (AvgIpc) is 2.94. The normalized spacial score (nSPS) is 10.8. The lowest BCUT2D eigenvalue weighted by Crippen LogP contribution is -2.32. The Balaban J connectivity index is 1.92. The van der Waals surface area contributed by atoms with Gasteiger partial charge in [-0.05, 0) is 12.1 Å². The van der Waals surface area contributed by atoms with Gasteiger partial charge in [-0.2, -0.15) is 8.78 Å². The second-order valence-corrected chi connectivity index (χ2v) is 4.90. The molecule has 0 fully saturated rings. The predicted molar refractivity (Wildman–Crippen MR) is 76.9 cm³/mol. The van der Waals surface area contributed by atoms with Gasteiger partial charge in [0.1, 0.15) is 11.6 Å². The van der Waals surface area contributed by atoms with Crippen LogP contribution in [0.4, 0.5) is 8.78 Å². The first-order chi connectivity index (χ1) is 10.5. The second kappa shape index (κ2) is 7.22. The van der Waals surface area contributed by atoms with Crippen LogP contribution in [0.3, 0.4) is 0 Å². The molecule has 8 heteroatoms. The van der Waals surface area contributed by atoms with Crippen molar-refractivity contribution in [1.29, 1.82) is 0 Å². The third-order valence-corrected chi connectivity index (χ3v) is 3.26. The molecule has 0 saturated heterocycles. The monoisotopic (exact) mass is 329 g/mol. The van der Waals surface area contributed by atoms with Crippen LogP contribution in [0.25, 0.3) is 0 Å². The van der Waals surface area contributed by atoms with Crippen molar-refractivity contribution in [2.75, 3.05) is 13.7 Å². The van der Waals surface area contributed by atoms with E-state index in [2.05, 4.69) is 4.98 Å². The minimum atomic E-state index is -2.69. The fourth-order valence-corrected chi connectivity index (χ4v) is 1.95. The first kappa shape index (κ1) is 16.2. The van der Waals surface area contributed by atoms with Crippen LogP contribution < -0.4 is 4.74 Å². The molecule has 1 heterocycles. The van der Waals surface area contributed by atoms with Gasteiger partial charge >= 0.3 is 6.55 Å². The molecule has 0 spiro atoms. The zero-order valence-corrected chi connectivity index (χ0v) is 12.5. The lowest BCUT2D eigenvalue weighted by Gasteiger charge is -2.18. The molecule has 1 aromatic heterocycles. The summed E-state index contributed by atoms with van der Waals surface area (Å²) in [6.45, 7) is -2.97. The largest absolute Gasteiger partial charge is 0.482 e. The van der Waals surface area contributed by atoms with E-state index in [-0.39, 0.29) is 24.9 Å². The zero-order chi connectivity index (χ0) is 16.1. The molecule has 2 aromatic rings. The lowest BCUT2D eigenvalue weighted by molar-refractivity contribution is -0.132. The van der Waals surface area contributed by atoms with Crippen LogP contribution in [-0.2, 0) is 11.3 Å². The van der Waals surface area contributed by atoms with Crippen molar-refractivity contribution in [2.24, 2.45) is 0 Å². The van der Waals surface area contributed by atoms with E-state index in [1.165, 1.54) is 24.3 Å². The van der Waals surface area contributed by atoms with Gasteiger partial charge in [0.25, 0.3) is 5.91 Å². The van der Waals surface area contributed by atoms with E-state index in [4.69, 9.17) is 16.3 Å². The molecule has 1 aromatic carbocycles. The van der Waals surface area contributed by atoms with Crippen molar-refractivity contribution < 1.29 is 18.3 Å². The average molecular weight is 330 g/mol. The third kappa shape index (κ3) is 3.94.